The van der Waals surface area contributed by atoms with Crippen molar-refractivity contribution in [3.05, 3.63) is 24.5 Å². The maximum Gasteiger partial charge on any atom is 0.165 e. The third-order valence-electron chi connectivity index (χ3n) is 5.13. The van der Waals surface area contributed by atoms with E-state index in [1.165, 1.54) is 0 Å². The van der Waals surface area contributed by atoms with Crippen molar-refractivity contribution in [1.82, 2.24) is 14.9 Å². The van der Waals surface area contributed by atoms with Crippen LogP contribution in [0.1, 0.15) is 32.2 Å². The number of benzene rings is 1. The second-order valence-electron chi connectivity index (χ2n) is 6.59. The SMILES string of the molecule is CC[C@H]1C[C@H](n2ccnc2-c2cc3c(cc2OC)OCCO3)CCN1.Cl.Cl. The molecular formula is C19H27Cl2N3O3. The van der Waals surface area contributed by atoms with Crippen molar-refractivity contribution in [2.45, 2.75) is 38.3 Å². The predicted octanol–water partition coefficient (Wildman–Crippen LogP) is 3.88. The Hall–Kier alpha value is -1.63. The first-order valence-corrected chi connectivity index (χ1v) is 9.04. The van der Waals surface area contributed by atoms with Gasteiger partial charge in [0.05, 0.1) is 12.7 Å². The maximum atomic E-state index is 5.75. The highest BCUT2D eigenvalue weighted by atomic mass is 35.5. The molecule has 0 saturated carbocycles. The van der Waals surface area contributed by atoms with E-state index >= 15 is 0 Å². The monoisotopic (exact) mass is 415 g/mol. The third kappa shape index (κ3) is 4.28. The first kappa shape index (κ1) is 21.7. The van der Waals surface area contributed by atoms with Crippen LogP contribution in [0.5, 0.6) is 17.2 Å². The van der Waals surface area contributed by atoms with Gasteiger partial charge in [0.2, 0.25) is 0 Å². The Labute approximate surface area is 172 Å². The van der Waals surface area contributed by atoms with E-state index in [4.69, 9.17) is 14.2 Å². The highest BCUT2D eigenvalue weighted by Crippen LogP contribution is 2.42. The number of ether oxygens (including phenoxy) is 3. The third-order valence-corrected chi connectivity index (χ3v) is 5.13. The zero-order valence-electron chi connectivity index (χ0n) is 15.6. The number of fused-ring (bicyclic) bond motifs is 1. The Balaban J connectivity index is 0.00000131. The van der Waals surface area contributed by atoms with Gasteiger partial charge >= 0.3 is 0 Å². The lowest BCUT2D eigenvalue weighted by Gasteiger charge is -2.31. The average molecular weight is 416 g/mol. The minimum Gasteiger partial charge on any atom is -0.496 e. The molecule has 0 bridgehead atoms. The first-order chi connectivity index (χ1) is 12.3. The van der Waals surface area contributed by atoms with Gasteiger partial charge in [0.25, 0.3) is 0 Å². The predicted molar refractivity (Wildman–Crippen MR) is 110 cm³/mol. The number of nitrogens with one attached hydrogen (secondary N) is 1. The fourth-order valence-corrected chi connectivity index (χ4v) is 3.78. The fourth-order valence-electron chi connectivity index (χ4n) is 3.78. The van der Waals surface area contributed by atoms with Crippen LogP contribution in [-0.4, -0.2) is 42.5 Å². The van der Waals surface area contributed by atoms with Gasteiger partial charge in [0.15, 0.2) is 11.5 Å². The summed E-state index contributed by atoms with van der Waals surface area (Å²) in [6, 6.07) is 4.91. The summed E-state index contributed by atoms with van der Waals surface area (Å²) in [5, 5.41) is 3.59. The van der Waals surface area contributed by atoms with Crippen molar-refractivity contribution < 1.29 is 14.2 Å². The van der Waals surface area contributed by atoms with E-state index in [1.54, 1.807) is 7.11 Å². The Morgan fingerprint density at radius 3 is 2.67 bits per heavy atom. The lowest BCUT2D eigenvalue weighted by molar-refractivity contribution is 0.171. The molecule has 0 radical (unpaired) electrons. The number of nitrogens with zero attached hydrogens (tertiary/aromatic N) is 2. The lowest BCUT2D eigenvalue weighted by Crippen LogP contribution is -2.38. The van der Waals surface area contributed by atoms with E-state index < -0.39 is 0 Å². The van der Waals surface area contributed by atoms with Crippen molar-refractivity contribution in [3.8, 4) is 28.6 Å². The van der Waals surface area contributed by atoms with Crippen LogP contribution in [-0.2, 0) is 0 Å². The molecule has 1 aromatic carbocycles. The normalized spacial score (nSPS) is 21.0. The second kappa shape index (κ2) is 9.53. The Morgan fingerprint density at radius 1 is 1.22 bits per heavy atom. The zero-order valence-corrected chi connectivity index (χ0v) is 17.3. The zero-order chi connectivity index (χ0) is 17.2. The van der Waals surface area contributed by atoms with Gasteiger partial charge in [-0.25, -0.2) is 4.98 Å². The fraction of sp³-hybridized carbons (Fsp3) is 0.526. The van der Waals surface area contributed by atoms with Crippen LogP contribution in [0, 0.1) is 0 Å². The molecule has 1 fully saturated rings. The Bertz CT molecular complexity index is 754. The molecule has 150 valence electrons. The molecule has 2 aliphatic heterocycles. The smallest absolute Gasteiger partial charge is 0.165 e. The highest BCUT2D eigenvalue weighted by molar-refractivity contribution is 5.85. The number of piperidine rings is 1. The molecule has 3 heterocycles. The Morgan fingerprint density at radius 2 is 1.96 bits per heavy atom. The number of imidazole rings is 1. The van der Waals surface area contributed by atoms with Gasteiger partial charge in [-0.3, -0.25) is 0 Å². The van der Waals surface area contributed by atoms with Crippen LogP contribution in [0.25, 0.3) is 11.4 Å². The van der Waals surface area contributed by atoms with E-state index in [1.807, 2.05) is 18.3 Å². The van der Waals surface area contributed by atoms with Crippen LogP contribution in [0.4, 0.5) is 0 Å². The summed E-state index contributed by atoms with van der Waals surface area (Å²) >= 11 is 0. The molecule has 2 aromatic rings. The molecule has 0 aliphatic carbocycles. The number of hydrogen-bond acceptors (Lipinski definition) is 5. The molecule has 4 rings (SSSR count). The summed E-state index contributed by atoms with van der Waals surface area (Å²) in [5.41, 5.74) is 0.948. The summed E-state index contributed by atoms with van der Waals surface area (Å²) in [5.74, 6) is 3.18. The van der Waals surface area contributed by atoms with Crippen LogP contribution < -0.4 is 19.5 Å². The summed E-state index contributed by atoms with van der Waals surface area (Å²) in [6.45, 7) is 4.41. The van der Waals surface area contributed by atoms with Gasteiger partial charge in [-0.1, -0.05) is 6.92 Å². The molecule has 2 aliphatic rings. The molecular weight excluding hydrogens is 389 g/mol. The number of halogens is 2. The van der Waals surface area contributed by atoms with E-state index in [0.29, 0.717) is 25.3 Å². The molecule has 27 heavy (non-hydrogen) atoms. The minimum atomic E-state index is 0. The first-order valence-electron chi connectivity index (χ1n) is 9.04. The number of hydrogen-bond donors (Lipinski definition) is 1. The molecule has 8 heteroatoms. The van der Waals surface area contributed by atoms with Crippen LogP contribution in [0.3, 0.4) is 0 Å². The van der Waals surface area contributed by atoms with Gasteiger partial charge in [-0.2, -0.15) is 0 Å². The highest BCUT2D eigenvalue weighted by Gasteiger charge is 2.26. The van der Waals surface area contributed by atoms with E-state index in [-0.39, 0.29) is 24.8 Å². The average Bonchev–Trinajstić information content (AvgIpc) is 3.16. The van der Waals surface area contributed by atoms with Crippen LogP contribution in [0.2, 0.25) is 0 Å². The standard InChI is InChI=1S/C19H25N3O3.2ClH/c1-3-13-10-14(4-5-20-13)22-7-6-21-19(22)15-11-17-18(12-16(15)23-2)25-9-8-24-17;;/h6-7,11-14,20H,3-5,8-10H2,1-2H3;2*1H/t13-,14+;;/m0../s1. The summed E-state index contributed by atoms with van der Waals surface area (Å²) in [4.78, 5) is 4.64. The summed E-state index contributed by atoms with van der Waals surface area (Å²) < 4.78 is 19.3. The quantitative estimate of drug-likeness (QED) is 0.820. The minimum absolute atomic E-state index is 0. The van der Waals surface area contributed by atoms with E-state index in [9.17, 15) is 0 Å². The van der Waals surface area contributed by atoms with Crippen molar-refractivity contribution >= 4 is 24.8 Å². The van der Waals surface area contributed by atoms with Crippen LogP contribution >= 0.6 is 24.8 Å². The molecule has 1 N–H and O–H groups in total. The molecule has 1 aromatic heterocycles. The lowest BCUT2D eigenvalue weighted by atomic mass is 9.97. The second-order valence-corrected chi connectivity index (χ2v) is 6.59. The van der Waals surface area contributed by atoms with E-state index in [2.05, 4.69) is 28.0 Å². The molecule has 6 nitrogen and oxygen atoms in total. The summed E-state index contributed by atoms with van der Waals surface area (Å²) in [6.07, 6.45) is 7.32. The topological polar surface area (TPSA) is 57.5 Å². The van der Waals surface area contributed by atoms with Gasteiger partial charge in [0, 0.05) is 30.5 Å². The van der Waals surface area contributed by atoms with Gasteiger partial charge in [0.1, 0.15) is 24.8 Å². The van der Waals surface area contributed by atoms with Crippen molar-refractivity contribution in [2.75, 3.05) is 26.9 Å². The molecule has 2 atom stereocenters. The largest absolute Gasteiger partial charge is 0.496 e. The molecule has 1 saturated heterocycles. The summed E-state index contributed by atoms with van der Waals surface area (Å²) in [7, 11) is 1.68. The van der Waals surface area contributed by atoms with Gasteiger partial charge in [-0.15, -0.1) is 24.8 Å². The van der Waals surface area contributed by atoms with Crippen LogP contribution in [0.15, 0.2) is 24.5 Å². The van der Waals surface area contributed by atoms with Gasteiger partial charge < -0.3 is 24.1 Å². The number of aromatic nitrogens is 2. The Kier molecular flexibility index (Phi) is 7.65. The van der Waals surface area contributed by atoms with Gasteiger partial charge in [-0.05, 0) is 31.9 Å². The molecule has 0 spiro atoms. The number of rotatable bonds is 4. The maximum absolute atomic E-state index is 5.75. The van der Waals surface area contributed by atoms with Crippen molar-refractivity contribution in [3.63, 3.8) is 0 Å². The van der Waals surface area contributed by atoms with Crippen molar-refractivity contribution in [2.24, 2.45) is 0 Å². The number of methoxy groups -OCH3 is 1. The van der Waals surface area contributed by atoms with E-state index in [0.717, 1.165) is 54.4 Å². The van der Waals surface area contributed by atoms with Crippen molar-refractivity contribution in [1.29, 1.82) is 0 Å². The molecule has 0 unspecified atom stereocenters. The molecule has 0 amide bonds.